The van der Waals surface area contributed by atoms with Crippen molar-refractivity contribution in [2.75, 3.05) is 18.5 Å². The summed E-state index contributed by atoms with van der Waals surface area (Å²) in [6, 6.07) is 4.05. The van der Waals surface area contributed by atoms with Crippen molar-refractivity contribution in [1.29, 1.82) is 0 Å². The van der Waals surface area contributed by atoms with Gasteiger partial charge in [0, 0.05) is 13.1 Å². The van der Waals surface area contributed by atoms with Crippen LogP contribution < -0.4 is 11.3 Å². The lowest BCUT2D eigenvalue weighted by atomic mass is 10.0. The standard InChI is InChI=1S/C12H18N4O4S/c1-9-5-7-15(8-6-9)21(19,20)11-4-2-3-10(14-13)12(11)16(17)18/h2-4,9,14H,5-8,13H2,1H3. The van der Waals surface area contributed by atoms with Crippen LogP contribution in [0.25, 0.3) is 0 Å². The second kappa shape index (κ2) is 5.96. The predicted octanol–water partition coefficient (Wildman–Crippen LogP) is 1.30. The predicted molar refractivity (Wildman–Crippen MR) is 78.1 cm³/mol. The van der Waals surface area contributed by atoms with Crippen molar-refractivity contribution in [3.05, 3.63) is 28.3 Å². The number of hydrogen-bond donors (Lipinski definition) is 2. The first-order valence-electron chi connectivity index (χ1n) is 6.62. The van der Waals surface area contributed by atoms with Crippen molar-refractivity contribution < 1.29 is 13.3 Å². The Morgan fingerprint density at radius 1 is 1.38 bits per heavy atom. The van der Waals surface area contributed by atoms with E-state index in [1.165, 1.54) is 22.5 Å². The van der Waals surface area contributed by atoms with Crippen LogP contribution in [0.15, 0.2) is 23.1 Å². The van der Waals surface area contributed by atoms with Gasteiger partial charge in [0.15, 0.2) is 4.90 Å². The van der Waals surface area contributed by atoms with Crippen LogP contribution >= 0.6 is 0 Å². The first-order valence-corrected chi connectivity index (χ1v) is 8.06. The van der Waals surface area contributed by atoms with Gasteiger partial charge in [-0.2, -0.15) is 4.31 Å². The number of nitrogens with zero attached hydrogens (tertiary/aromatic N) is 2. The van der Waals surface area contributed by atoms with Gasteiger partial charge in [0.05, 0.1) is 4.92 Å². The van der Waals surface area contributed by atoms with Crippen LogP contribution in [0.1, 0.15) is 19.8 Å². The van der Waals surface area contributed by atoms with Gasteiger partial charge in [-0.1, -0.05) is 13.0 Å². The van der Waals surface area contributed by atoms with Crippen LogP contribution in [0, 0.1) is 16.0 Å². The topological polar surface area (TPSA) is 119 Å². The molecule has 21 heavy (non-hydrogen) atoms. The summed E-state index contributed by atoms with van der Waals surface area (Å²) in [5.41, 5.74) is 1.64. The summed E-state index contributed by atoms with van der Waals surface area (Å²) >= 11 is 0. The van der Waals surface area contributed by atoms with E-state index in [-0.39, 0.29) is 10.6 Å². The van der Waals surface area contributed by atoms with Crippen molar-refractivity contribution in [2.24, 2.45) is 11.8 Å². The molecule has 0 aliphatic carbocycles. The normalized spacial score (nSPS) is 17.6. The van der Waals surface area contributed by atoms with E-state index in [4.69, 9.17) is 5.84 Å². The van der Waals surface area contributed by atoms with Gasteiger partial charge in [-0.3, -0.25) is 16.0 Å². The number of nitrogens with one attached hydrogen (secondary N) is 1. The highest BCUT2D eigenvalue weighted by atomic mass is 32.2. The Labute approximate surface area is 123 Å². The summed E-state index contributed by atoms with van der Waals surface area (Å²) in [7, 11) is -3.90. The number of piperidine rings is 1. The SMILES string of the molecule is CC1CCN(S(=O)(=O)c2cccc(NN)c2[N+](=O)[O-])CC1. The molecule has 1 fully saturated rings. The van der Waals surface area contributed by atoms with E-state index < -0.39 is 20.6 Å². The van der Waals surface area contributed by atoms with Crippen molar-refractivity contribution in [3.63, 3.8) is 0 Å². The number of nitrogen functional groups attached to an aromatic ring is 1. The largest absolute Gasteiger partial charge is 0.318 e. The molecule has 1 heterocycles. The van der Waals surface area contributed by atoms with Crippen molar-refractivity contribution in [2.45, 2.75) is 24.7 Å². The molecule has 2 rings (SSSR count). The van der Waals surface area contributed by atoms with E-state index in [0.717, 1.165) is 12.8 Å². The quantitative estimate of drug-likeness (QED) is 0.491. The number of nitro groups is 1. The zero-order chi connectivity index (χ0) is 15.6. The summed E-state index contributed by atoms with van der Waals surface area (Å²) in [5, 5.41) is 11.2. The molecule has 0 radical (unpaired) electrons. The van der Waals surface area contributed by atoms with Crippen molar-refractivity contribution in [3.8, 4) is 0 Å². The smallest absolute Gasteiger partial charge is 0.313 e. The molecule has 1 aromatic rings. The minimum atomic E-state index is -3.90. The highest BCUT2D eigenvalue weighted by molar-refractivity contribution is 7.89. The molecule has 1 aliphatic rings. The molecule has 116 valence electrons. The Morgan fingerprint density at radius 2 is 2.00 bits per heavy atom. The first kappa shape index (κ1) is 15.7. The number of anilines is 1. The number of nitrogens with two attached hydrogens (primary N) is 1. The molecule has 0 bridgehead atoms. The molecule has 1 saturated heterocycles. The molecule has 0 atom stereocenters. The number of benzene rings is 1. The molecule has 1 aliphatic heterocycles. The van der Waals surface area contributed by atoms with Gasteiger partial charge in [0.25, 0.3) is 0 Å². The average molecular weight is 314 g/mol. The minimum absolute atomic E-state index is 0.0218. The van der Waals surface area contributed by atoms with Gasteiger partial charge >= 0.3 is 5.69 Å². The van der Waals surface area contributed by atoms with Crippen LogP contribution in [0.2, 0.25) is 0 Å². The Bertz CT molecular complexity index is 639. The zero-order valence-electron chi connectivity index (χ0n) is 11.7. The highest BCUT2D eigenvalue weighted by Crippen LogP contribution is 2.34. The van der Waals surface area contributed by atoms with Crippen LogP contribution in [0.5, 0.6) is 0 Å². The first-order chi connectivity index (χ1) is 9.87. The summed E-state index contributed by atoms with van der Waals surface area (Å²) in [5.74, 6) is 5.70. The van der Waals surface area contributed by atoms with Gasteiger partial charge in [-0.15, -0.1) is 0 Å². The van der Waals surface area contributed by atoms with Gasteiger partial charge < -0.3 is 5.43 Å². The van der Waals surface area contributed by atoms with Crippen molar-refractivity contribution in [1.82, 2.24) is 4.31 Å². The molecular weight excluding hydrogens is 296 g/mol. The molecule has 9 heteroatoms. The number of para-hydroxylation sites is 1. The zero-order valence-corrected chi connectivity index (χ0v) is 12.5. The minimum Gasteiger partial charge on any atom is -0.318 e. The van der Waals surface area contributed by atoms with Crippen LogP contribution in [-0.2, 0) is 10.0 Å². The maximum atomic E-state index is 12.6. The van der Waals surface area contributed by atoms with Gasteiger partial charge in [0.1, 0.15) is 5.69 Å². The van der Waals surface area contributed by atoms with E-state index in [2.05, 4.69) is 12.3 Å². The second-order valence-electron chi connectivity index (χ2n) is 5.14. The van der Waals surface area contributed by atoms with Gasteiger partial charge in [-0.25, -0.2) is 8.42 Å². The molecule has 1 aromatic carbocycles. The Morgan fingerprint density at radius 3 is 2.52 bits per heavy atom. The van der Waals surface area contributed by atoms with E-state index in [9.17, 15) is 18.5 Å². The molecule has 0 spiro atoms. The molecule has 0 unspecified atom stereocenters. The van der Waals surface area contributed by atoms with Crippen LogP contribution in [0.4, 0.5) is 11.4 Å². The van der Waals surface area contributed by atoms with E-state index >= 15 is 0 Å². The molecule has 0 saturated carbocycles. The molecule has 0 aromatic heterocycles. The third-order valence-electron chi connectivity index (χ3n) is 3.70. The molecular formula is C12H18N4O4S. The second-order valence-corrected chi connectivity index (χ2v) is 7.05. The van der Waals surface area contributed by atoms with Crippen molar-refractivity contribution >= 4 is 21.4 Å². The van der Waals surface area contributed by atoms with Crippen LogP contribution in [-0.4, -0.2) is 30.7 Å². The number of hydrazine groups is 1. The summed E-state index contributed by atoms with van der Waals surface area (Å²) < 4.78 is 26.6. The summed E-state index contributed by atoms with van der Waals surface area (Å²) in [6.45, 7) is 2.81. The Hall–Kier alpha value is -1.71. The van der Waals surface area contributed by atoms with Gasteiger partial charge in [-0.05, 0) is 30.9 Å². The van der Waals surface area contributed by atoms with E-state index in [1.54, 1.807) is 0 Å². The summed E-state index contributed by atoms with van der Waals surface area (Å²) in [4.78, 5) is 10.2. The Kier molecular flexibility index (Phi) is 4.45. The lowest BCUT2D eigenvalue weighted by Crippen LogP contribution is -2.38. The maximum absolute atomic E-state index is 12.6. The average Bonchev–Trinajstić information content (AvgIpc) is 2.46. The Balaban J connectivity index is 2.47. The fourth-order valence-corrected chi connectivity index (χ4v) is 4.05. The van der Waals surface area contributed by atoms with Gasteiger partial charge in [0.2, 0.25) is 10.0 Å². The monoisotopic (exact) mass is 314 g/mol. The highest BCUT2D eigenvalue weighted by Gasteiger charge is 2.35. The third-order valence-corrected chi connectivity index (χ3v) is 5.63. The van der Waals surface area contributed by atoms with E-state index in [0.29, 0.717) is 19.0 Å². The molecule has 3 N–H and O–H groups in total. The molecule has 0 amide bonds. The summed E-state index contributed by atoms with van der Waals surface area (Å²) in [6.07, 6.45) is 1.50. The van der Waals surface area contributed by atoms with Crippen LogP contribution in [0.3, 0.4) is 0 Å². The number of sulfonamides is 1. The molecule has 8 nitrogen and oxygen atoms in total. The lowest BCUT2D eigenvalue weighted by Gasteiger charge is -2.29. The fraction of sp³-hybridized carbons (Fsp3) is 0.500. The third kappa shape index (κ3) is 2.99. The number of nitro benzene ring substituents is 1. The number of hydrogen-bond acceptors (Lipinski definition) is 6. The van der Waals surface area contributed by atoms with E-state index in [1.807, 2.05) is 0 Å². The lowest BCUT2D eigenvalue weighted by molar-refractivity contribution is -0.386. The fourth-order valence-electron chi connectivity index (χ4n) is 2.40. The maximum Gasteiger partial charge on any atom is 0.313 e. The number of rotatable bonds is 4.